The molecule has 0 aliphatic heterocycles. The Morgan fingerprint density at radius 2 is 1.90 bits per heavy atom. The molecular formula is C16H13N3O2. The van der Waals surface area contributed by atoms with Crippen molar-refractivity contribution in [2.75, 3.05) is 5.32 Å². The number of aromatic amines is 1. The Bertz CT molecular complexity index is 788. The van der Waals surface area contributed by atoms with E-state index in [0.29, 0.717) is 5.95 Å². The molecule has 1 aromatic heterocycles. The molecule has 0 atom stereocenters. The zero-order chi connectivity index (χ0) is 14.7. The lowest BCUT2D eigenvalue weighted by atomic mass is 10.1. The van der Waals surface area contributed by atoms with Gasteiger partial charge < -0.3 is 15.4 Å². The van der Waals surface area contributed by atoms with Crippen molar-refractivity contribution in [3.63, 3.8) is 0 Å². The van der Waals surface area contributed by atoms with Gasteiger partial charge in [0, 0.05) is 11.8 Å². The van der Waals surface area contributed by atoms with E-state index in [1.54, 1.807) is 6.08 Å². The largest absolute Gasteiger partial charge is 0.478 e. The summed E-state index contributed by atoms with van der Waals surface area (Å²) in [5, 5.41) is 11.9. The minimum absolute atomic E-state index is 0.618. The number of fused-ring (bicyclic) bond motifs is 1. The van der Waals surface area contributed by atoms with E-state index in [1.807, 2.05) is 48.5 Å². The van der Waals surface area contributed by atoms with Gasteiger partial charge in [-0.05, 0) is 29.8 Å². The van der Waals surface area contributed by atoms with Crippen molar-refractivity contribution in [1.82, 2.24) is 9.97 Å². The molecule has 0 aliphatic carbocycles. The SMILES string of the molecule is O=C(O)/C=C/c1ccccc1Nc1nc2ccccc2[nH]1. The highest BCUT2D eigenvalue weighted by atomic mass is 16.4. The third-order valence-corrected chi connectivity index (χ3v) is 3.01. The lowest BCUT2D eigenvalue weighted by Gasteiger charge is -2.06. The molecule has 0 aliphatic rings. The molecule has 0 saturated carbocycles. The first kappa shape index (κ1) is 12.9. The Morgan fingerprint density at radius 1 is 1.14 bits per heavy atom. The van der Waals surface area contributed by atoms with Crippen molar-refractivity contribution in [3.05, 3.63) is 60.2 Å². The number of nitrogens with zero attached hydrogens (tertiary/aromatic N) is 1. The smallest absolute Gasteiger partial charge is 0.328 e. The summed E-state index contributed by atoms with van der Waals surface area (Å²) < 4.78 is 0. The highest BCUT2D eigenvalue weighted by Gasteiger charge is 2.04. The molecule has 3 rings (SSSR count). The molecule has 1 heterocycles. The quantitative estimate of drug-likeness (QED) is 0.639. The van der Waals surface area contributed by atoms with Crippen LogP contribution in [0.1, 0.15) is 5.56 Å². The van der Waals surface area contributed by atoms with Crippen molar-refractivity contribution in [1.29, 1.82) is 0 Å². The molecule has 0 saturated heterocycles. The number of aliphatic carboxylic acids is 1. The molecule has 0 unspecified atom stereocenters. The lowest BCUT2D eigenvalue weighted by molar-refractivity contribution is -0.131. The fourth-order valence-electron chi connectivity index (χ4n) is 2.06. The fraction of sp³-hybridized carbons (Fsp3) is 0. The predicted octanol–water partition coefficient (Wildman–Crippen LogP) is 3.40. The van der Waals surface area contributed by atoms with Gasteiger partial charge in [-0.3, -0.25) is 0 Å². The summed E-state index contributed by atoms with van der Waals surface area (Å²) in [7, 11) is 0. The summed E-state index contributed by atoms with van der Waals surface area (Å²) in [6.45, 7) is 0. The van der Waals surface area contributed by atoms with Gasteiger partial charge in [0.25, 0.3) is 0 Å². The van der Waals surface area contributed by atoms with E-state index >= 15 is 0 Å². The summed E-state index contributed by atoms with van der Waals surface area (Å²) in [5.41, 5.74) is 3.38. The number of aromatic nitrogens is 2. The number of carbonyl (C=O) groups is 1. The Labute approximate surface area is 121 Å². The number of anilines is 2. The van der Waals surface area contributed by atoms with Crippen molar-refractivity contribution >= 4 is 34.7 Å². The van der Waals surface area contributed by atoms with Crippen molar-refractivity contribution in [2.24, 2.45) is 0 Å². The van der Waals surface area contributed by atoms with Gasteiger partial charge in [0.1, 0.15) is 0 Å². The molecule has 5 heteroatoms. The maximum Gasteiger partial charge on any atom is 0.328 e. The van der Waals surface area contributed by atoms with E-state index in [-0.39, 0.29) is 0 Å². The van der Waals surface area contributed by atoms with Gasteiger partial charge in [0.05, 0.1) is 11.0 Å². The van der Waals surface area contributed by atoms with Gasteiger partial charge in [0.2, 0.25) is 5.95 Å². The molecular weight excluding hydrogens is 266 g/mol. The van der Waals surface area contributed by atoms with Crippen molar-refractivity contribution in [3.8, 4) is 0 Å². The van der Waals surface area contributed by atoms with Crippen LogP contribution < -0.4 is 5.32 Å². The van der Waals surface area contributed by atoms with Crippen LogP contribution in [-0.2, 0) is 4.79 Å². The monoisotopic (exact) mass is 279 g/mol. The van der Waals surface area contributed by atoms with Crippen LogP contribution in [0.15, 0.2) is 54.6 Å². The zero-order valence-corrected chi connectivity index (χ0v) is 11.1. The average Bonchev–Trinajstić information content (AvgIpc) is 2.88. The summed E-state index contributed by atoms with van der Waals surface area (Å²) in [4.78, 5) is 18.2. The van der Waals surface area contributed by atoms with Gasteiger partial charge in [-0.1, -0.05) is 30.3 Å². The summed E-state index contributed by atoms with van der Waals surface area (Å²) in [5.74, 6) is -0.360. The number of benzene rings is 2. The Morgan fingerprint density at radius 3 is 2.71 bits per heavy atom. The van der Waals surface area contributed by atoms with E-state index in [0.717, 1.165) is 28.4 Å². The highest BCUT2D eigenvalue weighted by Crippen LogP contribution is 2.22. The standard InChI is InChI=1S/C16H13N3O2/c20-15(21)10-9-11-5-1-2-6-12(11)17-16-18-13-7-3-4-8-14(13)19-16/h1-10H,(H,20,21)(H2,17,18,19)/b10-9+. The lowest BCUT2D eigenvalue weighted by Crippen LogP contribution is -1.95. The van der Waals surface area contributed by atoms with Crippen LogP contribution in [0.4, 0.5) is 11.6 Å². The topological polar surface area (TPSA) is 78.0 Å². The van der Waals surface area contributed by atoms with Crippen LogP contribution in [0.3, 0.4) is 0 Å². The van der Waals surface area contributed by atoms with Crippen molar-refractivity contribution < 1.29 is 9.90 Å². The van der Waals surface area contributed by atoms with E-state index in [2.05, 4.69) is 15.3 Å². The number of rotatable bonds is 4. The van der Waals surface area contributed by atoms with Crippen LogP contribution in [0.2, 0.25) is 0 Å². The van der Waals surface area contributed by atoms with Crippen LogP contribution in [0.5, 0.6) is 0 Å². The van der Waals surface area contributed by atoms with Gasteiger partial charge >= 0.3 is 5.97 Å². The number of H-pyrrole nitrogens is 1. The Kier molecular flexibility index (Phi) is 3.39. The predicted molar refractivity (Wildman–Crippen MR) is 82.5 cm³/mol. The Balaban J connectivity index is 1.92. The van der Waals surface area contributed by atoms with Gasteiger partial charge in [0.15, 0.2) is 0 Å². The number of para-hydroxylation sites is 3. The minimum Gasteiger partial charge on any atom is -0.478 e. The molecule has 3 N–H and O–H groups in total. The van der Waals surface area contributed by atoms with Crippen LogP contribution in [0.25, 0.3) is 17.1 Å². The molecule has 0 amide bonds. The maximum absolute atomic E-state index is 10.6. The first-order chi connectivity index (χ1) is 10.2. The molecule has 2 aromatic carbocycles. The second-order valence-corrected chi connectivity index (χ2v) is 4.49. The van der Waals surface area contributed by atoms with Crippen LogP contribution >= 0.6 is 0 Å². The maximum atomic E-state index is 10.6. The van der Waals surface area contributed by atoms with Gasteiger partial charge in [-0.25, -0.2) is 9.78 Å². The Hall–Kier alpha value is -3.08. The summed E-state index contributed by atoms with van der Waals surface area (Å²) >= 11 is 0. The third kappa shape index (κ3) is 2.92. The minimum atomic E-state index is -0.978. The van der Waals surface area contributed by atoms with E-state index in [4.69, 9.17) is 5.11 Å². The number of hydrogen-bond donors (Lipinski definition) is 3. The molecule has 0 spiro atoms. The molecule has 5 nitrogen and oxygen atoms in total. The first-order valence-corrected chi connectivity index (χ1v) is 6.44. The summed E-state index contributed by atoms with van der Waals surface area (Å²) in [6.07, 6.45) is 2.66. The summed E-state index contributed by atoms with van der Waals surface area (Å²) in [6, 6.07) is 15.2. The molecule has 3 aromatic rings. The number of carboxylic acids is 1. The molecule has 104 valence electrons. The second-order valence-electron chi connectivity index (χ2n) is 4.49. The highest BCUT2D eigenvalue weighted by molar-refractivity contribution is 5.87. The fourth-order valence-corrected chi connectivity index (χ4v) is 2.06. The van der Waals surface area contributed by atoms with Crippen LogP contribution in [0, 0.1) is 0 Å². The first-order valence-electron chi connectivity index (χ1n) is 6.44. The second kappa shape index (κ2) is 5.50. The number of hydrogen-bond acceptors (Lipinski definition) is 3. The van der Waals surface area contributed by atoms with Gasteiger partial charge in [-0.2, -0.15) is 0 Å². The molecule has 0 bridgehead atoms. The normalized spacial score (nSPS) is 11.0. The van der Waals surface area contributed by atoms with Gasteiger partial charge in [-0.15, -0.1) is 0 Å². The number of carboxylic acid groups (broad SMARTS) is 1. The van der Waals surface area contributed by atoms with Crippen LogP contribution in [-0.4, -0.2) is 21.0 Å². The average molecular weight is 279 g/mol. The molecule has 21 heavy (non-hydrogen) atoms. The molecule has 0 fully saturated rings. The molecule has 0 radical (unpaired) electrons. The van der Waals surface area contributed by atoms with E-state index in [1.165, 1.54) is 0 Å². The van der Waals surface area contributed by atoms with Crippen molar-refractivity contribution in [2.45, 2.75) is 0 Å². The zero-order valence-electron chi connectivity index (χ0n) is 11.1. The number of nitrogens with one attached hydrogen (secondary N) is 2. The third-order valence-electron chi connectivity index (χ3n) is 3.01. The van der Waals surface area contributed by atoms with E-state index in [9.17, 15) is 4.79 Å². The van der Waals surface area contributed by atoms with E-state index < -0.39 is 5.97 Å². The number of imidazole rings is 1.